The van der Waals surface area contributed by atoms with Crippen molar-refractivity contribution < 1.29 is 9.84 Å². The maximum Gasteiger partial charge on any atom is 0.0752 e. The summed E-state index contributed by atoms with van der Waals surface area (Å²) >= 11 is 1.72. The zero-order valence-electron chi connectivity index (χ0n) is 6.95. The molecular formula is C7H17NO2S. The quantitative estimate of drug-likeness (QED) is 0.543. The van der Waals surface area contributed by atoms with Crippen molar-refractivity contribution in [3.05, 3.63) is 0 Å². The summed E-state index contributed by atoms with van der Waals surface area (Å²) in [6, 6.07) is 0. The fourth-order valence-electron chi connectivity index (χ4n) is 0.593. The molecule has 0 aromatic heterocycles. The number of aliphatic hydroxyl groups is 1. The summed E-state index contributed by atoms with van der Waals surface area (Å²) in [5, 5.41) is 9.04. The number of hydrogen-bond acceptors (Lipinski definition) is 4. The summed E-state index contributed by atoms with van der Waals surface area (Å²) in [7, 11) is 1.69. The summed E-state index contributed by atoms with van der Waals surface area (Å²) in [6.07, 6.45) is 0.695. The molecule has 0 aromatic carbocycles. The van der Waals surface area contributed by atoms with E-state index in [4.69, 9.17) is 15.6 Å². The molecule has 0 aromatic rings. The van der Waals surface area contributed by atoms with E-state index in [1.54, 1.807) is 18.9 Å². The van der Waals surface area contributed by atoms with Crippen LogP contribution in [0.25, 0.3) is 0 Å². The third kappa shape index (κ3) is 8.13. The lowest BCUT2D eigenvalue weighted by Crippen LogP contribution is -2.22. The topological polar surface area (TPSA) is 55.5 Å². The Hall–Kier alpha value is 0.230. The number of ether oxygens (including phenoxy) is 1. The van der Waals surface area contributed by atoms with Gasteiger partial charge in [-0.25, -0.2) is 0 Å². The van der Waals surface area contributed by atoms with Crippen LogP contribution >= 0.6 is 11.8 Å². The van der Waals surface area contributed by atoms with Gasteiger partial charge in [-0.1, -0.05) is 0 Å². The lowest BCUT2D eigenvalue weighted by atomic mass is 10.4. The first-order chi connectivity index (χ1) is 5.31. The van der Waals surface area contributed by atoms with Gasteiger partial charge in [0.1, 0.15) is 0 Å². The second kappa shape index (κ2) is 8.33. The van der Waals surface area contributed by atoms with Gasteiger partial charge in [0, 0.05) is 26.0 Å². The third-order valence-corrected chi connectivity index (χ3v) is 2.42. The van der Waals surface area contributed by atoms with Crippen LogP contribution < -0.4 is 5.73 Å². The van der Waals surface area contributed by atoms with Gasteiger partial charge in [-0.3, -0.25) is 0 Å². The highest BCUT2D eigenvalue weighted by Gasteiger charge is 1.99. The molecule has 0 rings (SSSR count). The van der Waals surface area contributed by atoms with E-state index in [-0.39, 0.29) is 6.10 Å². The van der Waals surface area contributed by atoms with Gasteiger partial charge in [-0.15, -0.1) is 0 Å². The van der Waals surface area contributed by atoms with Gasteiger partial charge >= 0.3 is 0 Å². The first-order valence-electron chi connectivity index (χ1n) is 3.76. The maximum atomic E-state index is 9.04. The number of rotatable bonds is 7. The molecule has 0 amide bonds. The maximum absolute atomic E-state index is 9.04. The monoisotopic (exact) mass is 179 g/mol. The van der Waals surface area contributed by atoms with Crippen LogP contribution in [0.3, 0.4) is 0 Å². The van der Waals surface area contributed by atoms with Gasteiger partial charge in [0.25, 0.3) is 0 Å². The highest BCUT2D eigenvalue weighted by atomic mass is 32.2. The smallest absolute Gasteiger partial charge is 0.0752 e. The molecule has 4 heteroatoms. The van der Waals surface area contributed by atoms with Crippen LogP contribution in [-0.2, 0) is 4.74 Å². The van der Waals surface area contributed by atoms with Crippen molar-refractivity contribution in [1.82, 2.24) is 0 Å². The van der Waals surface area contributed by atoms with Gasteiger partial charge < -0.3 is 15.6 Å². The standard InChI is InChI=1S/C7H17NO2S/c1-10-3-2-4-11-6-7(9)5-8/h7,9H,2-6,8H2,1H3. The largest absolute Gasteiger partial charge is 0.391 e. The second-order valence-electron chi connectivity index (χ2n) is 2.31. The molecule has 0 spiro atoms. The van der Waals surface area contributed by atoms with Crippen LogP contribution in [0.1, 0.15) is 6.42 Å². The predicted octanol–water partition coefficient (Wildman–Crippen LogP) is 0.0757. The summed E-state index contributed by atoms with van der Waals surface area (Å²) in [4.78, 5) is 0. The van der Waals surface area contributed by atoms with E-state index < -0.39 is 0 Å². The molecule has 1 atom stereocenters. The van der Waals surface area contributed by atoms with E-state index in [9.17, 15) is 0 Å². The van der Waals surface area contributed by atoms with Crippen LogP contribution in [0.4, 0.5) is 0 Å². The minimum Gasteiger partial charge on any atom is -0.391 e. The Morgan fingerprint density at radius 2 is 2.36 bits per heavy atom. The van der Waals surface area contributed by atoms with Gasteiger partial charge in [-0.05, 0) is 12.2 Å². The van der Waals surface area contributed by atoms with E-state index >= 15 is 0 Å². The molecule has 11 heavy (non-hydrogen) atoms. The fraction of sp³-hybridized carbons (Fsp3) is 1.00. The molecular weight excluding hydrogens is 162 g/mol. The first-order valence-corrected chi connectivity index (χ1v) is 4.91. The first kappa shape index (κ1) is 11.2. The summed E-state index contributed by atoms with van der Waals surface area (Å²) < 4.78 is 4.87. The Labute approximate surface area is 72.3 Å². The molecule has 0 heterocycles. The molecule has 0 aliphatic rings. The van der Waals surface area contributed by atoms with Gasteiger partial charge in [0.15, 0.2) is 0 Å². The van der Waals surface area contributed by atoms with E-state index in [2.05, 4.69) is 0 Å². The molecule has 1 unspecified atom stereocenters. The number of nitrogens with two attached hydrogens (primary N) is 1. The Morgan fingerprint density at radius 1 is 1.64 bits per heavy atom. The van der Waals surface area contributed by atoms with Crippen molar-refractivity contribution in [2.24, 2.45) is 5.73 Å². The summed E-state index contributed by atoms with van der Waals surface area (Å²) in [6.45, 7) is 1.16. The van der Waals surface area contributed by atoms with E-state index in [0.717, 1.165) is 24.5 Å². The SMILES string of the molecule is COCCCSCC(O)CN. The van der Waals surface area contributed by atoms with Crippen LogP contribution in [0.2, 0.25) is 0 Å². The van der Waals surface area contributed by atoms with Crippen molar-refractivity contribution in [3.8, 4) is 0 Å². The van der Waals surface area contributed by atoms with Crippen LogP contribution in [0.5, 0.6) is 0 Å². The van der Waals surface area contributed by atoms with E-state index in [1.807, 2.05) is 0 Å². The van der Waals surface area contributed by atoms with Crippen LogP contribution in [0, 0.1) is 0 Å². The van der Waals surface area contributed by atoms with Crippen molar-refractivity contribution in [2.75, 3.05) is 31.8 Å². The van der Waals surface area contributed by atoms with E-state index in [1.165, 1.54) is 0 Å². The number of hydrogen-bond donors (Lipinski definition) is 2. The van der Waals surface area contributed by atoms with Crippen LogP contribution in [-0.4, -0.2) is 43.0 Å². The summed E-state index contributed by atoms with van der Waals surface area (Å²) in [5.41, 5.74) is 5.22. The molecule has 0 saturated heterocycles. The molecule has 0 saturated carbocycles. The molecule has 0 aliphatic carbocycles. The van der Waals surface area contributed by atoms with Gasteiger partial charge in [0.05, 0.1) is 6.10 Å². The average Bonchev–Trinajstić information content (AvgIpc) is 2.04. The molecule has 3 nitrogen and oxygen atoms in total. The van der Waals surface area contributed by atoms with E-state index in [0.29, 0.717) is 6.54 Å². The number of methoxy groups -OCH3 is 1. The zero-order valence-corrected chi connectivity index (χ0v) is 7.77. The lowest BCUT2D eigenvalue weighted by molar-refractivity contribution is 0.199. The molecule has 0 fully saturated rings. The minimum atomic E-state index is -0.345. The Morgan fingerprint density at radius 3 is 2.91 bits per heavy atom. The molecule has 0 radical (unpaired) electrons. The van der Waals surface area contributed by atoms with Crippen molar-refractivity contribution in [2.45, 2.75) is 12.5 Å². The second-order valence-corrected chi connectivity index (χ2v) is 3.46. The Balaban J connectivity index is 2.89. The van der Waals surface area contributed by atoms with Crippen molar-refractivity contribution in [3.63, 3.8) is 0 Å². The van der Waals surface area contributed by atoms with Crippen molar-refractivity contribution in [1.29, 1.82) is 0 Å². The van der Waals surface area contributed by atoms with Crippen LogP contribution in [0.15, 0.2) is 0 Å². The molecule has 3 N–H and O–H groups in total. The number of aliphatic hydroxyl groups excluding tert-OH is 1. The minimum absolute atomic E-state index is 0.345. The molecule has 68 valence electrons. The Bertz CT molecular complexity index is 82.8. The highest BCUT2D eigenvalue weighted by molar-refractivity contribution is 7.99. The molecule has 0 aliphatic heterocycles. The molecule has 0 bridgehead atoms. The number of thioether (sulfide) groups is 1. The zero-order chi connectivity index (χ0) is 8.53. The summed E-state index contributed by atoms with van der Waals surface area (Å²) in [5.74, 6) is 1.77. The fourth-order valence-corrected chi connectivity index (χ4v) is 1.49. The van der Waals surface area contributed by atoms with Gasteiger partial charge in [0.2, 0.25) is 0 Å². The lowest BCUT2D eigenvalue weighted by Gasteiger charge is -2.05. The van der Waals surface area contributed by atoms with Crippen molar-refractivity contribution >= 4 is 11.8 Å². The average molecular weight is 179 g/mol. The highest BCUT2D eigenvalue weighted by Crippen LogP contribution is 2.03. The third-order valence-electron chi connectivity index (χ3n) is 1.22. The normalized spacial score (nSPS) is 13.4. The predicted molar refractivity (Wildman–Crippen MR) is 48.9 cm³/mol. The van der Waals surface area contributed by atoms with Gasteiger partial charge in [-0.2, -0.15) is 11.8 Å². The Kier molecular flexibility index (Phi) is 8.50.